The van der Waals surface area contributed by atoms with Crippen LogP contribution in [0.3, 0.4) is 0 Å². The van der Waals surface area contributed by atoms with Crippen LogP contribution >= 0.6 is 0 Å². The lowest BCUT2D eigenvalue weighted by molar-refractivity contribution is 0.0197. The van der Waals surface area contributed by atoms with Crippen molar-refractivity contribution in [3.05, 3.63) is 0 Å². The van der Waals surface area contributed by atoms with Crippen molar-refractivity contribution < 1.29 is 13.9 Å². The third-order valence-corrected chi connectivity index (χ3v) is 2.23. The lowest BCUT2D eigenvalue weighted by Crippen LogP contribution is -2.31. The largest absolute Gasteiger partial charge is 0.381 e. The highest BCUT2D eigenvalue weighted by atomic mass is 19.1. The van der Waals surface area contributed by atoms with E-state index in [0.29, 0.717) is 6.61 Å². The molecule has 4 unspecified atom stereocenters. The first-order chi connectivity index (χ1) is 5.16. The van der Waals surface area contributed by atoms with E-state index in [1.807, 2.05) is 6.92 Å². The summed E-state index contributed by atoms with van der Waals surface area (Å²) in [5, 5.41) is 0. The van der Waals surface area contributed by atoms with Crippen LogP contribution in [0, 0.1) is 5.92 Å². The normalized spacial score (nSPS) is 31.1. The van der Waals surface area contributed by atoms with E-state index in [2.05, 4.69) is 0 Å². The summed E-state index contributed by atoms with van der Waals surface area (Å²) >= 11 is 0. The zero-order valence-corrected chi connectivity index (χ0v) is 7.21. The molecule has 0 aromatic carbocycles. The average molecular weight is 162 g/mol. The molecule has 3 heteroatoms. The molecule has 1 aliphatic rings. The minimum absolute atomic E-state index is 0.0532. The highest BCUT2D eigenvalue weighted by molar-refractivity contribution is 4.86. The molecule has 0 bridgehead atoms. The summed E-state index contributed by atoms with van der Waals surface area (Å²) in [4.78, 5) is 0. The van der Waals surface area contributed by atoms with Gasteiger partial charge in [-0.25, -0.2) is 4.39 Å². The lowest BCUT2D eigenvalue weighted by Gasteiger charge is -2.21. The molecule has 1 heterocycles. The van der Waals surface area contributed by atoms with Crippen LogP contribution < -0.4 is 0 Å². The molecule has 0 aliphatic carbocycles. The topological polar surface area (TPSA) is 21.8 Å². The summed E-state index contributed by atoms with van der Waals surface area (Å²) in [5.41, 5.74) is 0. The molecule has 0 radical (unpaired) electrons. The Morgan fingerprint density at radius 1 is 1.55 bits per heavy atom. The minimum atomic E-state index is -0.850. The summed E-state index contributed by atoms with van der Waals surface area (Å²) in [6.45, 7) is 4.12. The molecule has 0 amide bonds. The molecular weight excluding hydrogens is 147 g/mol. The predicted octanol–water partition coefficient (Wildman–Crippen LogP) is 1.39. The molecule has 11 heavy (non-hydrogen) atoms. The monoisotopic (exact) mass is 162 g/mol. The zero-order chi connectivity index (χ0) is 8.43. The van der Waals surface area contributed by atoms with Gasteiger partial charge in [-0.15, -0.1) is 0 Å². The van der Waals surface area contributed by atoms with E-state index < -0.39 is 6.17 Å². The number of halogens is 1. The number of alkyl halides is 1. The molecule has 0 saturated carbocycles. The molecule has 2 nitrogen and oxygen atoms in total. The van der Waals surface area contributed by atoms with Crippen LogP contribution in [-0.2, 0) is 9.47 Å². The van der Waals surface area contributed by atoms with Crippen molar-refractivity contribution in [1.82, 2.24) is 0 Å². The number of hydrogen-bond acceptors (Lipinski definition) is 2. The molecule has 0 N–H and O–H groups in total. The molecule has 4 atom stereocenters. The van der Waals surface area contributed by atoms with E-state index >= 15 is 0 Å². The number of hydrogen-bond donors (Lipinski definition) is 0. The number of rotatable bonds is 4. The van der Waals surface area contributed by atoms with Crippen molar-refractivity contribution in [1.29, 1.82) is 0 Å². The first-order valence-corrected chi connectivity index (χ1v) is 3.95. The van der Waals surface area contributed by atoms with E-state index in [1.54, 1.807) is 14.0 Å². The van der Waals surface area contributed by atoms with Gasteiger partial charge < -0.3 is 9.47 Å². The maximum Gasteiger partial charge on any atom is 0.105 e. The van der Waals surface area contributed by atoms with Gasteiger partial charge in [0.15, 0.2) is 0 Å². The first-order valence-electron chi connectivity index (χ1n) is 3.95. The Labute approximate surface area is 66.7 Å². The zero-order valence-electron chi connectivity index (χ0n) is 7.21. The van der Waals surface area contributed by atoms with Crippen LogP contribution in [0.2, 0.25) is 0 Å². The molecule has 0 aromatic rings. The van der Waals surface area contributed by atoms with Gasteiger partial charge in [-0.1, -0.05) is 0 Å². The van der Waals surface area contributed by atoms with Gasteiger partial charge >= 0.3 is 0 Å². The Bertz CT molecular complexity index is 121. The number of epoxide rings is 1. The molecular formula is C8H15FO2. The lowest BCUT2D eigenvalue weighted by atomic mass is 9.95. The summed E-state index contributed by atoms with van der Waals surface area (Å²) in [7, 11) is 1.60. The molecule has 66 valence electrons. The standard InChI is InChI=1S/C8H15FO2/c1-5(9)8(6(2)10-3)7-4-11-7/h5-8H,4H2,1-3H3. The first kappa shape index (κ1) is 8.94. The van der Waals surface area contributed by atoms with Crippen LogP contribution in [-0.4, -0.2) is 32.1 Å². The summed E-state index contributed by atoms with van der Waals surface area (Å²) < 4.78 is 23.0. The Kier molecular flexibility index (Phi) is 2.84. The van der Waals surface area contributed by atoms with E-state index in [4.69, 9.17) is 9.47 Å². The van der Waals surface area contributed by atoms with Gasteiger partial charge in [-0.05, 0) is 13.8 Å². The van der Waals surface area contributed by atoms with Gasteiger partial charge in [0.1, 0.15) is 6.17 Å². The smallest absolute Gasteiger partial charge is 0.105 e. The quantitative estimate of drug-likeness (QED) is 0.583. The van der Waals surface area contributed by atoms with Gasteiger partial charge in [0, 0.05) is 13.0 Å². The third kappa shape index (κ3) is 2.14. The highest BCUT2D eigenvalue weighted by Gasteiger charge is 2.40. The van der Waals surface area contributed by atoms with Crippen molar-refractivity contribution in [2.75, 3.05) is 13.7 Å². The van der Waals surface area contributed by atoms with Gasteiger partial charge in [0.25, 0.3) is 0 Å². The van der Waals surface area contributed by atoms with Gasteiger partial charge in [-0.2, -0.15) is 0 Å². The molecule has 0 spiro atoms. The Hall–Kier alpha value is -0.150. The predicted molar refractivity (Wildman–Crippen MR) is 40.3 cm³/mol. The van der Waals surface area contributed by atoms with Gasteiger partial charge in [0.2, 0.25) is 0 Å². The fourth-order valence-electron chi connectivity index (χ4n) is 1.41. The Morgan fingerprint density at radius 2 is 2.09 bits per heavy atom. The second-order valence-electron chi connectivity index (χ2n) is 3.07. The van der Waals surface area contributed by atoms with Gasteiger partial charge in [0.05, 0.1) is 18.8 Å². The number of ether oxygens (including phenoxy) is 2. The molecule has 0 aromatic heterocycles. The second kappa shape index (κ2) is 3.50. The molecule has 1 rings (SSSR count). The van der Waals surface area contributed by atoms with Crippen molar-refractivity contribution >= 4 is 0 Å². The molecule has 1 aliphatic heterocycles. The summed E-state index contributed by atoms with van der Waals surface area (Å²) in [5.74, 6) is -0.0972. The fourth-order valence-corrected chi connectivity index (χ4v) is 1.41. The second-order valence-corrected chi connectivity index (χ2v) is 3.07. The number of methoxy groups -OCH3 is 1. The van der Waals surface area contributed by atoms with Crippen molar-refractivity contribution in [3.63, 3.8) is 0 Å². The highest BCUT2D eigenvalue weighted by Crippen LogP contribution is 2.28. The van der Waals surface area contributed by atoms with Crippen molar-refractivity contribution in [2.45, 2.75) is 32.2 Å². The molecule has 1 saturated heterocycles. The third-order valence-electron chi connectivity index (χ3n) is 2.23. The van der Waals surface area contributed by atoms with Crippen LogP contribution in [0.25, 0.3) is 0 Å². The van der Waals surface area contributed by atoms with Crippen molar-refractivity contribution in [3.8, 4) is 0 Å². The summed E-state index contributed by atoms with van der Waals surface area (Å²) in [6, 6.07) is 0. The summed E-state index contributed by atoms with van der Waals surface area (Å²) in [6.07, 6.45) is -0.815. The van der Waals surface area contributed by atoms with E-state index in [-0.39, 0.29) is 18.1 Å². The average Bonchev–Trinajstić information content (AvgIpc) is 2.71. The van der Waals surface area contributed by atoms with E-state index in [9.17, 15) is 4.39 Å². The Balaban J connectivity index is 2.44. The minimum Gasteiger partial charge on any atom is -0.381 e. The Morgan fingerprint density at radius 3 is 2.36 bits per heavy atom. The molecule has 1 fully saturated rings. The fraction of sp³-hybridized carbons (Fsp3) is 1.00. The van der Waals surface area contributed by atoms with E-state index in [1.165, 1.54) is 0 Å². The van der Waals surface area contributed by atoms with Crippen LogP contribution in [0.4, 0.5) is 4.39 Å². The van der Waals surface area contributed by atoms with Crippen LogP contribution in [0.15, 0.2) is 0 Å². The maximum absolute atomic E-state index is 12.9. The maximum atomic E-state index is 12.9. The van der Waals surface area contributed by atoms with Crippen LogP contribution in [0.5, 0.6) is 0 Å². The van der Waals surface area contributed by atoms with Crippen LogP contribution in [0.1, 0.15) is 13.8 Å². The van der Waals surface area contributed by atoms with Gasteiger partial charge in [-0.3, -0.25) is 0 Å². The van der Waals surface area contributed by atoms with Crippen molar-refractivity contribution in [2.24, 2.45) is 5.92 Å². The van der Waals surface area contributed by atoms with E-state index in [0.717, 1.165) is 0 Å². The SMILES string of the molecule is COC(C)C(C(C)F)C1CO1.